The van der Waals surface area contributed by atoms with Crippen molar-refractivity contribution in [3.8, 4) is 0 Å². The van der Waals surface area contributed by atoms with Crippen molar-refractivity contribution in [2.45, 2.75) is 23.8 Å². The molecule has 0 aromatic heterocycles. The molecule has 8 heteroatoms. The van der Waals surface area contributed by atoms with E-state index in [1.165, 1.54) is 16.4 Å². The van der Waals surface area contributed by atoms with Crippen molar-refractivity contribution >= 4 is 38.9 Å². The molecule has 1 saturated heterocycles. The van der Waals surface area contributed by atoms with Crippen LogP contribution in [0, 0.1) is 0 Å². The van der Waals surface area contributed by atoms with E-state index in [1.807, 2.05) is 0 Å². The van der Waals surface area contributed by atoms with Gasteiger partial charge in [-0.25, -0.2) is 8.42 Å². The molecule has 1 heterocycles. The van der Waals surface area contributed by atoms with Crippen LogP contribution in [0.25, 0.3) is 0 Å². The SMILES string of the molecule is COC1CCN(S(=O)(=O)c2c(N)cc(Cl)cc2Cl)CC1. The Labute approximate surface area is 128 Å². The van der Waals surface area contributed by atoms with E-state index in [-0.39, 0.29) is 21.7 Å². The summed E-state index contributed by atoms with van der Waals surface area (Å²) in [7, 11) is -2.08. The fourth-order valence-corrected chi connectivity index (χ4v) is 4.70. The van der Waals surface area contributed by atoms with Crippen LogP contribution in [0.5, 0.6) is 0 Å². The Bertz CT molecular complexity index is 576. The first-order valence-electron chi connectivity index (χ1n) is 6.13. The molecule has 0 spiro atoms. The summed E-state index contributed by atoms with van der Waals surface area (Å²) in [6.07, 6.45) is 1.40. The molecule has 112 valence electrons. The molecule has 0 atom stereocenters. The summed E-state index contributed by atoms with van der Waals surface area (Å²) in [6.45, 7) is 0.776. The summed E-state index contributed by atoms with van der Waals surface area (Å²) in [4.78, 5) is -0.0700. The Morgan fingerprint density at radius 2 is 1.90 bits per heavy atom. The second-order valence-corrected chi connectivity index (χ2v) is 7.36. The van der Waals surface area contributed by atoms with Crippen molar-refractivity contribution in [2.24, 2.45) is 0 Å². The maximum atomic E-state index is 12.6. The van der Waals surface area contributed by atoms with Gasteiger partial charge in [-0.3, -0.25) is 0 Å². The zero-order valence-corrected chi connectivity index (χ0v) is 13.3. The number of halogens is 2. The number of hydrogen-bond donors (Lipinski definition) is 1. The normalized spacial score (nSPS) is 18.4. The molecule has 2 rings (SSSR count). The van der Waals surface area contributed by atoms with E-state index in [4.69, 9.17) is 33.7 Å². The summed E-state index contributed by atoms with van der Waals surface area (Å²) in [5, 5.41) is 0.355. The number of nitrogen functional groups attached to an aromatic ring is 1. The first kappa shape index (κ1) is 15.9. The van der Waals surface area contributed by atoms with E-state index in [1.54, 1.807) is 7.11 Å². The molecular formula is C12H16Cl2N2O3S. The number of rotatable bonds is 3. The van der Waals surface area contributed by atoms with Crippen LogP contribution in [-0.4, -0.2) is 39.0 Å². The predicted molar refractivity (Wildman–Crippen MR) is 79.7 cm³/mol. The largest absolute Gasteiger partial charge is 0.398 e. The third-order valence-corrected chi connectivity index (χ3v) is 6.01. The Balaban J connectivity index is 2.32. The molecule has 0 radical (unpaired) electrons. The van der Waals surface area contributed by atoms with Gasteiger partial charge in [-0.15, -0.1) is 0 Å². The number of ether oxygens (including phenoxy) is 1. The molecule has 1 aliphatic heterocycles. The molecule has 0 amide bonds. The summed E-state index contributed by atoms with van der Waals surface area (Å²) < 4.78 is 31.8. The van der Waals surface area contributed by atoms with E-state index in [0.717, 1.165) is 0 Å². The zero-order chi connectivity index (χ0) is 14.9. The third-order valence-electron chi connectivity index (χ3n) is 3.37. The average molecular weight is 339 g/mol. The van der Waals surface area contributed by atoms with Gasteiger partial charge in [0.2, 0.25) is 10.0 Å². The lowest BCUT2D eigenvalue weighted by molar-refractivity contribution is 0.0604. The number of benzene rings is 1. The first-order valence-corrected chi connectivity index (χ1v) is 8.33. The lowest BCUT2D eigenvalue weighted by Crippen LogP contribution is -2.40. The highest BCUT2D eigenvalue weighted by Crippen LogP contribution is 2.34. The van der Waals surface area contributed by atoms with Crippen molar-refractivity contribution in [3.05, 3.63) is 22.2 Å². The van der Waals surface area contributed by atoms with Crippen molar-refractivity contribution in [3.63, 3.8) is 0 Å². The quantitative estimate of drug-likeness (QED) is 0.858. The molecule has 1 fully saturated rings. The van der Waals surface area contributed by atoms with Crippen LogP contribution < -0.4 is 5.73 Å². The minimum absolute atomic E-state index is 0.0452. The molecule has 0 saturated carbocycles. The molecule has 0 unspecified atom stereocenters. The topological polar surface area (TPSA) is 72.6 Å². The van der Waals surface area contributed by atoms with E-state index in [2.05, 4.69) is 0 Å². The highest BCUT2D eigenvalue weighted by atomic mass is 35.5. The molecule has 5 nitrogen and oxygen atoms in total. The first-order chi connectivity index (χ1) is 9.36. The number of hydrogen-bond acceptors (Lipinski definition) is 4. The monoisotopic (exact) mass is 338 g/mol. The number of anilines is 1. The molecule has 1 aromatic rings. The maximum absolute atomic E-state index is 12.6. The molecule has 0 bridgehead atoms. The molecule has 1 aromatic carbocycles. The fraction of sp³-hybridized carbons (Fsp3) is 0.500. The van der Waals surface area contributed by atoms with Crippen LogP contribution in [0.4, 0.5) is 5.69 Å². The van der Waals surface area contributed by atoms with Gasteiger partial charge < -0.3 is 10.5 Å². The molecule has 1 aliphatic rings. The number of piperidine rings is 1. The van der Waals surface area contributed by atoms with E-state index < -0.39 is 10.0 Å². The third kappa shape index (κ3) is 3.04. The van der Waals surface area contributed by atoms with Gasteiger partial charge in [0.1, 0.15) is 4.90 Å². The van der Waals surface area contributed by atoms with Crippen molar-refractivity contribution in [1.29, 1.82) is 0 Å². The second kappa shape index (κ2) is 6.07. The van der Waals surface area contributed by atoms with Gasteiger partial charge in [0.05, 0.1) is 16.8 Å². The Kier molecular flexibility index (Phi) is 4.81. The molecule has 2 N–H and O–H groups in total. The van der Waals surface area contributed by atoms with Gasteiger partial charge in [-0.05, 0) is 25.0 Å². The Hall–Kier alpha value is -0.530. The summed E-state index contributed by atoms with van der Waals surface area (Å²) >= 11 is 11.8. The zero-order valence-electron chi connectivity index (χ0n) is 11.0. The predicted octanol–water partition coefficient (Wildman–Crippen LogP) is 2.38. The van der Waals surface area contributed by atoms with Gasteiger partial charge in [0.25, 0.3) is 0 Å². The minimum Gasteiger partial charge on any atom is -0.398 e. The van der Waals surface area contributed by atoms with Crippen LogP contribution >= 0.6 is 23.2 Å². The van der Waals surface area contributed by atoms with Crippen molar-refractivity contribution in [2.75, 3.05) is 25.9 Å². The van der Waals surface area contributed by atoms with E-state index >= 15 is 0 Å². The van der Waals surface area contributed by atoms with Gasteiger partial charge in [-0.2, -0.15) is 4.31 Å². The molecular weight excluding hydrogens is 323 g/mol. The van der Waals surface area contributed by atoms with Gasteiger partial charge in [0, 0.05) is 25.2 Å². The van der Waals surface area contributed by atoms with Gasteiger partial charge in [-0.1, -0.05) is 23.2 Å². The minimum atomic E-state index is -3.71. The van der Waals surface area contributed by atoms with Crippen LogP contribution in [0.1, 0.15) is 12.8 Å². The average Bonchev–Trinajstić information content (AvgIpc) is 2.37. The Morgan fingerprint density at radius 1 is 1.30 bits per heavy atom. The number of nitrogens with two attached hydrogens (primary N) is 1. The van der Waals surface area contributed by atoms with Gasteiger partial charge >= 0.3 is 0 Å². The van der Waals surface area contributed by atoms with Crippen LogP contribution in [-0.2, 0) is 14.8 Å². The van der Waals surface area contributed by atoms with Crippen LogP contribution in [0.3, 0.4) is 0 Å². The highest BCUT2D eigenvalue weighted by molar-refractivity contribution is 7.89. The van der Waals surface area contributed by atoms with Crippen molar-refractivity contribution in [1.82, 2.24) is 4.31 Å². The fourth-order valence-electron chi connectivity index (χ4n) is 2.29. The van der Waals surface area contributed by atoms with E-state index in [9.17, 15) is 8.42 Å². The highest BCUT2D eigenvalue weighted by Gasteiger charge is 2.32. The lowest BCUT2D eigenvalue weighted by atomic mass is 10.1. The Morgan fingerprint density at radius 3 is 2.40 bits per heavy atom. The van der Waals surface area contributed by atoms with Crippen molar-refractivity contribution < 1.29 is 13.2 Å². The summed E-state index contributed by atoms with van der Waals surface area (Å²) in [5.41, 5.74) is 5.84. The number of methoxy groups -OCH3 is 1. The smallest absolute Gasteiger partial charge is 0.246 e. The second-order valence-electron chi connectivity index (χ2n) is 4.65. The molecule has 20 heavy (non-hydrogen) atoms. The summed E-state index contributed by atoms with van der Waals surface area (Å²) in [5.74, 6) is 0. The number of sulfonamides is 1. The maximum Gasteiger partial charge on any atom is 0.246 e. The lowest BCUT2D eigenvalue weighted by Gasteiger charge is -2.30. The van der Waals surface area contributed by atoms with E-state index in [0.29, 0.717) is 31.0 Å². The van der Waals surface area contributed by atoms with Crippen LogP contribution in [0.15, 0.2) is 17.0 Å². The summed E-state index contributed by atoms with van der Waals surface area (Å²) in [6, 6.07) is 2.77. The standard InChI is InChI=1S/C12H16Cl2N2O3S/c1-19-9-2-4-16(5-3-9)20(17,18)12-10(14)6-8(13)7-11(12)15/h6-7,9H,2-5,15H2,1H3. The number of nitrogens with zero attached hydrogens (tertiary/aromatic N) is 1. The van der Waals surface area contributed by atoms with Gasteiger partial charge in [0.15, 0.2) is 0 Å². The van der Waals surface area contributed by atoms with Crippen LogP contribution in [0.2, 0.25) is 10.0 Å². The molecule has 0 aliphatic carbocycles.